The molecule has 1 aliphatic rings. The van der Waals surface area contributed by atoms with Crippen molar-refractivity contribution in [3.8, 4) is 0 Å². The molecule has 1 aromatic carbocycles. The van der Waals surface area contributed by atoms with Crippen LogP contribution in [0.3, 0.4) is 0 Å². The molecule has 24 heavy (non-hydrogen) atoms. The standard InChI is InChI=1S/C18H24Cl2O4/c1-2-23-16(21)11-13(17-14(19)7-6-8-15(17)20)12-24-18(22)9-4-3-5-10-18/h6-8,13,22H,2-5,9-12H2,1H3. The van der Waals surface area contributed by atoms with Crippen molar-refractivity contribution in [2.75, 3.05) is 13.2 Å². The molecule has 1 saturated carbocycles. The van der Waals surface area contributed by atoms with Gasteiger partial charge in [-0.15, -0.1) is 0 Å². The van der Waals surface area contributed by atoms with Crippen LogP contribution in [0.1, 0.15) is 56.9 Å². The molecule has 0 bridgehead atoms. The highest BCUT2D eigenvalue weighted by atomic mass is 35.5. The SMILES string of the molecule is CCOC(=O)CC(COC1(O)CCCCC1)c1c(Cl)cccc1Cl. The fourth-order valence-electron chi connectivity index (χ4n) is 3.07. The summed E-state index contributed by atoms with van der Waals surface area (Å²) in [5.41, 5.74) is 0.660. The number of carbonyl (C=O) groups excluding carboxylic acids is 1. The second-order valence-corrected chi connectivity index (χ2v) is 6.97. The lowest BCUT2D eigenvalue weighted by atomic mass is 9.93. The van der Waals surface area contributed by atoms with Crippen LogP contribution in [0.2, 0.25) is 10.0 Å². The zero-order valence-electron chi connectivity index (χ0n) is 13.9. The van der Waals surface area contributed by atoms with Gasteiger partial charge in [-0.25, -0.2) is 0 Å². The van der Waals surface area contributed by atoms with Crippen molar-refractivity contribution in [1.29, 1.82) is 0 Å². The normalized spacial score (nSPS) is 18.2. The van der Waals surface area contributed by atoms with Crippen LogP contribution in [0.5, 0.6) is 0 Å². The number of aliphatic hydroxyl groups is 1. The van der Waals surface area contributed by atoms with E-state index in [1.54, 1.807) is 25.1 Å². The molecule has 1 N–H and O–H groups in total. The predicted molar refractivity (Wildman–Crippen MR) is 94.4 cm³/mol. The number of ether oxygens (including phenoxy) is 2. The largest absolute Gasteiger partial charge is 0.466 e. The van der Waals surface area contributed by atoms with Crippen molar-refractivity contribution in [3.05, 3.63) is 33.8 Å². The fourth-order valence-corrected chi connectivity index (χ4v) is 3.78. The molecule has 1 fully saturated rings. The maximum absolute atomic E-state index is 12.0. The van der Waals surface area contributed by atoms with Crippen LogP contribution in [0, 0.1) is 0 Å². The van der Waals surface area contributed by atoms with E-state index in [0.29, 0.717) is 35.1 Å². The highest BCUT2D eigenvalue weighted by Gasteiger charge is 2.32. The van der Waals surface area contributed by atoms with Crippen molar-refractivity contribution in [2.45, 2.75) is 57.2 Å². The van der Waals surface area contributed by atoms with Crippen LogP contribution >= 0.6 is 23.2 Å². The van der Waals surface area contributed by atoms with E-state index < -0.39 is 5.79 Å². The maximum Gasteiger partial charge on any atom is 0.306 e. The first-order valence-electron chi connectivity index (χ1n) is 8.41. The Morgan fingerprint density at radius 1 is 1.25 bits per heavy atom. The molecule has 4 nitrogen and oxygen atoms in total. The van der Waals surface area contributed by atoms with Crippen molar-refractivity contribution in [1.82, 2.24) is 0 Å². The second-order valence-electron chi connectivity index (χ2n) is 6.16. The average molecular weight is 375 g/mol. The Bertz CT molecular complexity index is 536. The monoisotopic (exact) mass is 374 g/mol. The molecule has 0 saturated heterocycles. The Balaban J connectivity index is 2.15. The Hall–Kier alpha value is -0.810. The average Bonchev–Trinajstić information content (AvgIpc) is 2.53. The Morgan fingerprint density at radius 2 is 1.88 bits per heavy atom. The lowest BCUT2D eigenvalue weighted by Gasteiger charge is -2.33. The molecule has 6 heteroatoms. The summed E-state index contributed by atoms with van der Waals surface area (Å²) in [6.07, 6.45) is 4.30. The molecule has 1 unspecified atom stereocenters. The van der Waals surface area contributed by atoms with Gasteiger partial charge in [0.2, 0.25) is 0 Å². The van der Waals surface area contributed by atoms with Gasteiger partial charge in [-0.3, -0.25) is 4.79 Å². The Kier molecular flexibility index (Phi) is 7.35. The molecule has 0 aliphatic heterocycles. The molecular formula is C18H24Cl2O4. The number of carbonyl (C=O) groups is 1. The van der Waals surface area contributed by atoms with Gasteiger partial charge in [-0.2, -0.15) is 0 Å². The summed E-state index contributed by atoms with van der Waals surface area (Å²) in [6.45, 7) is 2.24. The van der Waals surface area contributed by atoms with E-state index in [1.807, 2.05) is 0 Å². The molecule has 1 aromatic rings. The van der Waals surface area contributed by atoms with Crippen LogP contribution in [-0.4, -0.2) is 30.1 Å². The van der Waals surface area contributed by atoms with E-state index in [4.69, 9.17) is 32.7 Å². The van der Waals surface area contributed by atoms with Gasteiger partial charge in [-0.05, 0) is 37.5 Å². The summed E-state index contributed by atoms with van der Waals surface area (Å²) in [5.74, 6) is -1.83. The number of esters is 1. The van der Waals surface area contributed by atoms with E-state index >= 15 is 0 Å². The van der Waals surface area contributed by atoms with E-state index in [-0.39, 0.29) is 24.9 Å². The lowest BCUT2D eigenvalue weighted by molar-refractivity contribution is -0.223. The van der Waals surface area contributed by atoms with Crippen molar-refractivity contribution < 1.29 is 19.4 Å². The van der Waals surface area contributed by atoms with E-state index in [2.05, 4.69) is 0 Å². The minimum absolute atomic E-state index is 0.105. The third-order valence-electron chi connectivity index (χ3n) is 4.31. The number of hydrogen-bond donors (Lipinski definition) is 1. The molecular weight excluding hydrogens is 351 g/mol. The molecule has 0 heterocycles. The zero-order chi connectivity index (χ0) is 17.6. The van der Waals surface area contributed by atoms with Crippen LogP contribution in [-0.2, 0) is 14.3 Å². The lowest BCUT2D eigenvalue weighted by Crippen LogP contribution is -2.36. The molecule has 1 atom stereocenters. The van der Waals surface area contributed by atoms with Gasteiger partial charge in [0.05, 0.1) is 19.6 Å². The topological polar surface area (TPSA) is 55.8 Å². The van der Waals surface area contributed by atoms with E-state index in [1.165, 1.54) is 0 Å². The summed E-state index contributed by atoms with van der Waals surface area (Å²) < 4.78 is 10.9. The smallest absolute Gasteiger partial charge is 0.306 e. The quantitative estimate of drug-likeness (QED) is 0.555. The van der Waals surface area contributed by atoms with Gasteiger partial charge >= 0.3 is 5.97 Å². The van der Waals surface area contributed by atoms with Gasteiger partial charge < -0.3 is 14.6 Å². The summed E-state index contributed by atoms with van der Waals surface area (Å²) in [4.78, 5) is 12.0. The molecule has 0 radical (unpaired) electrons. The summed E-state index contributed by atoms with van der Waals surface area (Å²) in [5, 5.41) is 11.5. The predicted octanol–water partition coefficient (Wildman–Crippen LogP) is 4.70. The first-order chi connectivity index (χ1) is 11.4. The van der Waals surface area contributed by atoms with E-state index in [9.17, 15) is 9.90 Å². The Labute approximate surface area is 153 Å². The van der Waals surface area contributed by atoms with E-state index in [0.717, 1.165) is 19.3 Å². The Morgan fingerprint density at radius 3 is 2.46 bits per heavy atom. The molecule has 0 aromatic heterocycles. The zero-order valence-corrected chi connectivity index (χ0v) is 15.4. The number of rotatable bonds is 7. The van der Waals surface area contributed by atoms with Crippen LogP contribution in [0.15, 0.2) is 18.2 Å². The van der Waals surface area contributed by atoms with Gasteiger partial charge in [0.15, 0.2) is 5.79 Å². The molecule has 2 rings (SSSR count). The first-order valence-corrected chi connectivity index (χ1v) is 9.16. The minimum Gasteiger partial charge on any atom is -0.466 e. The van der Waals surface area contributed by atoms with Crippen LogP contribution < -0.4 is 0 Å². The molecule has 0 spiro atoms. The molecule has 1 aliphatic carbocycles. The summed E-state index contributed by atoms with van der Waals surface area (Å²) in [6, 6.07) is 5.22. The highest BCUT2D eigenvalue weighted by Crippen LogP contribution is 2.36. The van der Waals surface area contributed by atoms with Crippen molar-refractivity contribution >= 4 is 29.2 Å². The third kappa shape index (κ3) is 5.35. The van der Waals surface area contributed by atoms with Crippen molar-refractivity contribution in [3.63, 3.8) is 0 Å². The summed E-state index contributed by atoms with van der Waals surface area (Å²) >= 11 is 12.6. The van der Waals surface area contributed by atoms with Crippen LogP contribution in [0.4, 0.5) is 0 Å². The number of hydrogen-bond acceptors (Lipinski definition) is 4. The van der Waals surface area contributed by atoms with Gasteiger partial charge in [0.1, 0.15) is 0 Å². The summed E-state index contributed by atoms with van der Waals surface area (Å²) in [7, 11) is 0. The van der Waals surface area contributed by atoms with Gasteiger partial charge in [0, 0.05) is 28.8 Å². The second kappa shape index (κ2) is 9.04. The minimum atomic E-state index is -1.13. The first kappa shape index (κ1) is 19.5. The van der Waals surface area contributed by atoms with Gasteiger partial charge in [-0.1, -0.05) is 35.7 Å². The maximum atomic E-state index is 12.0. The molecule has 0 amide bonds. The third-order valence-corrected chi connectivity index (χ3v) is 4.97. The van der Waals surface area contributed by atoms with Crippen molar-refractivity contribution in [2.24, 2.45) is 0 Å². The number of halogens is 2. The number of benzene rings is 1. The van der Waals surface area contributed by atoms with Crippen LogP contribution in [0.25, 0.3) is 0 Å². The highest BCUT2D eigenvalue weighted by molar-refractivity contribution is 6.36. The molecule has 134 valence electrons. The van der Waals surface area contributed by atoms with Gasteiger partial charge in [0.25, 0.3) is 0 Å². The fraction of sp³-hybridized carbons (Fsp3) is 0.611.